The van der Waals surface area contributed by atoms with Crippen LogP contribution in [0.1, 0.15) is 62.8 Å². The summed E-state index contributed by atoms with van der Waals surface area (Å²) in [6.45, 7) is 1.72. The molecule has 3 aliphatic rings. The summed E-state index contributed by atoms with van der Waals surface area (Å²) in [4.78, 5) is 56.9. The molecule has 1 aliphatic carbocycles. The average molecular weight is 568 g/mol. The van der Waals surface area contributed by atoms with Crippen molar-refractivity contribution in [2.45, 2.75) is 57.7 Å². The number of carbonyl (C=O) groups is 4. The number of hydrogen-bond donors (Lipinski definition) is 0. The quantitative estimate of drug-likeness (QED) is 0.330. The second kappa shape index (κ2) is 10.2. The van der Waals surface area contributed by atoms with E-state index >= 15 is 0 Å². The SMILES string of the molecule is O=C1CCC(N2C(=O)c3cccc(OCc4ccc(CN5CCn6nc(C(F)(F)F)nc6C5)cc4)c3C2=O)C(=O)C1. The number of hydrogen-bond acceptors (Lipinski definition) is 8. The fourth-order valence-electron chi connectivity index (χ4n) is 5.41. The first kappa shape index (κ1) is 26.8. The first-order valence-corrected chi connectivity index (χ1v) is 13.1. The van der Waals surface area contributed by atoms with E-state index in [9.17, 15) is 32.3 Å². The van der Waals surface area contributed by atoms with Gasteiger partial charge in [-0.3, -0.25) is 29.0 Å². The number of fused-ring (bicyclic) bond motifs is 2. The standard InChI is InChI=1S/C28H24F3N5O5/c29-28(30,31)27-32-23-14-34(10-11-35(23)33-27)13-16-4-6-17(7-5-16)15-41-22-3-1-2-19-24(22)26(40)36(25(19)39)20-9-8-18(37)12-21(20)38/h1-7,20H,8-15H2. The predicted molar refractivity (Wildman–Crippen MR) is 135 cm³/mol. The van der Waals surface area contributed by atoms with E-state index in [0.717, 1.165) is 16.0 Å². The number of aromatic nitrogens is 3. The molecule has 1 fully saturated rings. The number of alkyl halides is 3. The van der Waals surface area contributed by atoms with E-state index in [2.05, 4.69) is 10.1 Å². The van der Waals surface area contributed by atoms with Crippen LogP contribution in [0.5, 0.6) is 5.75 Å². The molecule has 0 bridgehead atoms. The lowest BCUT2D eigenvalue weighted by Gasteiger charge is -2.27. The van der Waals surface area contributed by atoms with Crippen LogP contribution in [0.2, 0.25) is 0 Å². The van der Waals surface area contributed by atoms with Gasteiger partial charge in [0.2, 0.25) is 0 Å². The van der Waals surface area contributed by atoms with E-state index in [1.165, 1.54) is 10.7 Å². The molecule has 0 N–H and O–H groups in total. The van der Waals surface area contributed by atoms with E-state index in [0.29, 0.717) is 19.6 Å². The van der Waals surface area contributed by atoms with Crippen molar-refractivity contribution >= 4 is 23.4 Å². The summed E-state index contributed by atoms with van der Waals surface area (Å²) in [5.74, 6) is -2.44. The molecule has 41 heavy (non-hydrogen) atoms. The van der Waals surface area contributed by atoms with Crippen molar-refractivity contribution < 1.29 is 37.1 Å². The number of halogens is 3. The van der Waals surface area contributed by atoms with Gasteiger partial charge in [-0.25, -0.2) is 9.67 Å². The Hall–Kier alpha value is -4.39. The Kier molecular flexibility index (Phi) is 6.68. The molecule has 3 heterocycles. The molecule has 0 radical (unpaired) electrons. The van der Waals surface area contributed by atoms with Gasteiger partial charge < -0.3 is 4.74 Å². The summed E-state index contributed by atoms with van der Waals surface area (Å²) in [7, 11) is 0. The summed E-state index contributed by atoms with van der Waals surface area (Å²) in [5.41, 5.74) is 2.01. The number of carbonyl (C=O) groups excluding carboxylic acids is 4. The van der Waals surface area contributed by atoms with Crippen LogP contribution in [-0.2, 0) is 42.0 Å². The monoisotopic (exact) mass is 567 g/mol. The Bertz CT molecular complexity index is 1570. The van der Waals surface area contributed by atoms with Gasteiger partial charge in [0.05, 0.1) is 36.7 Å². The minimum Gasteiger partial charge on any atom is -0.488 e. The molecule has 2 aliphatic heterocycles. The summed E-state index contributed by atoms with van der Waals surface area (Å²) in [5, 5.41) is 3.56. The lowest BCUT2D eigenvalue weighted by atomic mass is 9.92. The lowest BCUT2D eigenvalue weighted by molar-refractivity contribution is -0.145. The van der Waals surface area contributed by atoms with Crippen LogP contribution >= 0.6 is 0 Å². The van der Waals surface area contributed by atoms with Gasteiger partial charge in [0.1, 0.15) is 24.0 Å². The molecule has 0 saturated heterocycles. The number of ether oxygens (including phenoxy) is 1. The molecule has 3 aromatic rings. The normalized spacial score (nSPS) is 19.5. The minimum atomic E-state index is -4.58. The van der Waals surface area contributed by atoms with Gasteiger partial charge in [-0.15, -0.1) is 5.10 Å². The molecule has 2 amide bonds. The van der Waals surface area contributed by atoms with Gasteiger partial charge in [0, 0.05) is 19.5 Å². The molecule has 6 rings (SSSR count). The topological polar surface area (TPSA) is 115 Å². The Labute approximate surface area is 231 Å². The van der Waals surface area contributed by atoms with Crippen molar-refractivity contribution in [1.29, 1.82) is 0 Å². The third kappa shape index (κ3) is 5.12. The predicted octanol–water partition coefficient (Wildman–Crippen LogP) is 3.18. The van der Waals surface area contributed by atoms with Crippen LogP contribution < -0.4 is 4.74 Å². The van der Waals surface area contributed by atoms with E-state index in [1.54, 1.807) is 12.1 Å². The highest BCUT2D eigenvalue weighted by Gasteiger charge is 2.45. The van der Waals surface area contributed by atoms with Crippen molar-refractivity contribution in [1.82, 2.24) is 24.6 Å². The highest BCUT2D eigenvalue weighted by Crippen LogP contribution is 2.35. The van der Waals surface area contributed by atoms with E-state index in [1.807, 2.05) is 29.2 Å². The number of imide groups is 1. The third-order valence-electron chi connectivity index (χ3n) is 7.48. The Morgan fingerprint density at radius 3 is 2.44 bits per heavy atom. The molecule has 0 spiro atoms. The Balaban J connectivity index is 1.09. The van der Waals surface area contributed by atoms with Crippen LogP contribution in [-0.4, -0.2) is 60.5 Å². The van der Waals surface area contributed by atoms with Gasteiger partial charge in [0.25, 0.3) is 17.6 Å². The number of amides is 2. The van der Waals surface area contributed by atoms with Gasteiger partial charge in [-0.1, -0.05) is 30.3 Å². The molecule has 2 aromatic carbocycles. The third-order valence-corrected chi connectivity index (χ3v) is 7.48. The fraction of sp³-hybridized carbons (Fsp3) is 0.357. The van der Waals surface area contributed by atoms with E-state index < -0.39 is 35.6 Å². The van der Waals surface area contributed by atoms with Crippen LogP contribution in [0.3, 0.4) is 0 Å². The van der Waals surface area contributed by atoms with Crippen LogP contribution in [0, 0.1) is 0 Å². The molecule has 1 atom stereocenters. The fourth-order valence-corrected chi connectivity index (χ4v) is 5.41. The maximum absolute atomic E-state index is 13.2. The van der Waals surface area contributed by atoms with Crippen molar-refractivity contribution in [2.24, 2.45) is 0 Å². The second-order valence-corrected chi connectivity index (χ2v) is 10.3. The Morgan fingerprint density at radius 2 is 1.71 bits per heavy atom. The summed E-state index contributed by atoms with van der Waals surface area (Å²) in [6.07, 6.45) is -4.60. The zero-order valence-corrected chi connectivity index (χ0v) is 21.7. The number of Topliss-reactive ketones (excluding diaryl/α,β-unsaturated/α-hetero) is 2. The van der Waals surface area contributed by atoms with Crippen molar-refractivity contribution in [3.05, 3.63) is 76.4 Å². The second-order valence-electron chi connectivity index (χ2n) is 10.3. The molecule has 1 aromatic heterocycles. The van der Waals surface area contributed by atoms with Crippen LogP contribution in [0.4, 0.5) is 13.2 Å². The van der Waals surface area contributed by atoms with Gasteiger partial charge in [-0.2, -0.15) is 13.2 Å². The van der Waals surface area contributed by atoms with Crippen LogP contribution in [0.25, 0.3) is 0 Å². The number of nitrogens with zero attached hydrogens (tertiary/aromatic N) is 5. The largest absolute Gasteiger partial charge is 0.488 e. The van der Waals surface area contributed by atoms with E-state index in [4.69, 9.17) is 4.74 Å². The molecule has 1 saturated carbocycles. The molecular weight excluding hydrogens is 543 g/mol. The minimum absolute atomic E-state index is 0.102. The highest BCUT2D eigenvalue weighted by molar-refractivity contribution is 6.24. The van der Waals surface area contributed by atoms with Gasteiger partial charge in [-0.05, 0) is 29.7 Å². The molecule has 10 nitrogen and oxygen atoms in total. The van der Waals surface area contributed by atoms with Gasteiger partial charge in [0.15, 0.2) is 5.78 Å². The zero-order valence-electron chi connectivity index (χ0n) is 21.7. The molecule has 212 valence electrons. The van der Waals surface area contributed by atoms with Crippen molar-refractivity contribution in [3.8, 4) is 5.75 Å². The zero-order chi connectivity index (χ0) is 28.9. The number of benzene rings is 2. The Morgan fingerprint density at radius 1 is 0.951 bits per heavy atom. The lowest BCUT2D eigenvalue weighted by Crippen LogP contribution is -2.47. The molecule has 1 unspecified atom stereocenters. The first-order chi connectivity index (χ1) is 19.6. The van der Waals surface area contributed by atoms with E-state index in [-0.39, 0.29) is 60.9 Å². The maximum Gasteiger partial charge on any atom is 0.453 e. The average Bonchev–Trinajstić information content (AvgIpc) is 3.48. The van der Waals surface area contributed by atoms with Gasteiger partial charge >= 0.3 is 6.18 Å². The summed E-state index contributed by atoms with van der Waals surface area (Å²) < 4.78 is 46.0. The van der Waals surface area contributed by atoms with Crippen molar-refractivity contribution in [3.63, 3.8) is 0 Å². The maximum atomic E-state index is 13.2. The first-order valence-electron chi connectivity index (χ1n) is 13.1. The number of rotatable bonds is 6. The molecular formula is C28H24F3N5O5. The number of ketones is 2. The smallest absolute Gasteiger partial charge is 0.453 e. The summed E-state index contributed by atoms with van der Waals surface area (Å²) >= 11 is 0. The summed E-state index contributed by atoms with van der Waals surface area (Å²) in [6, 6.07) is 11.2. The highest BCUT2D eigenvalue weighted by atomic mass is 19.4. The van der Waals surface area contributed by atoms with Crippen molar-refractivity contribution in [2.75, 3.05) is 6.54 Å². The molecule has 13 heteroatoms. The van der Waals surface area contributed by atoms with Crippen LogP contribution in [0.15, 0.2) is 42.5 Å².